The van der Waals surface area contributed by atoms with Gasteiger partial charge in [-0.2, -0.15) is 0 Å². The Bertz CT molecular complexity index is 888. The van der Waals surface area contributed by atoms with Gasteiger partial charge in [0.1, 0.15) is 6.26 Å². The lowest BCUT2D eigenvalue weighted by Crippen LogP contribution is -2.44. The minimum atomic E-state index is -0.0662. The van der Waals surface area contributed by atoms with Crippen LogP contribution in [0.1, 0.15) is 62.4 Å². The summed E-state index contributed by atoms with van der Waals surface area (Å²) in [6.45, 7) is 9.70. The molecule has 1 aromatic heterocycles. The van der Waals surface area contributed by atoms with Crippen molar-refractivity contribution in [1.29, 1.82) is 0 Å². The second kappa shape index (κ2) is 12.3. The van der Waals surface area contributed by atoms with Crippen molar-refractivity contribution in [3.8, 4) is 11.5 Å². The van der Waals surface area contributed by atoms with Crippen LogP contribution in [0, 0.1) is 5.92 Å². The van der Waals surface area contributed by atoms with Crippen molar-refractivity contribution in [3.05, 3.63) is 47.9 Å². The first-order chi connectivity index (χ1) is 16.1. The molecule has 7 nitrogen and oxygen atoms in total. The molecule has 0 N–H and O–H groups in total. The van der Waals surface area contributed by atoms with Crippen molar-refractivity contribution in [2.45, 2.75) is 53.0 Å². The van der Waals surface area contributed by atoms with E-state index in [0.29, 0.717) is 57.8 Å². The molecule has 0 radical (unpaired) electrons. The predicted molar refractivity (Wildman–Crippen MR) is 126 cm³/mol. The molecule has 1 aliphatic rings. The van der Waals surface area contributed by atoms with E-state index in [1.807, 2.05) is 34.9 Å². The Morgan fingerprint density at radius 1 is 1.06 bits per heavy atom. The third kappa shape index (κ3) is 6.53. The molecule has 2 amide bonds. The summed E-state index contributed by atoms with van der Waals surface area (Å²) in [6, 6.07) is 7.61. The molecule has 0 saturated carbocycles. The number of hydrogen-bond acceptors (Lipinski definition) is 5. The molecule has 1 fully saturated rings. The fourth-order valence-corrected chi connectivity index (χ4v) is 4.16. The minimum absolute atomic E-state index is 0.0334. The highest BCUT2D eigenvalue weighted by Gasteiger charge is 2.30. The Hall–Kier alpha value is -2.96. The Labute approximate surface area is 196 Å². The first kappa shape index (κ1) is 24.7. The van der Waals surface area contributed by atoms with Gasteiger partial charge in [0.15, 0.2) is 11.5 Å². The lowest BCUT2D eigenvalue weighted by molar-refractivity contribution is -0.137. The number of ether oxygens (including phenoxy) is 2. The van der Waals surface area contributed by atoms with E-state index in [0.717, 1.165) is 29.9 Å². The molecule has 1 aliphatic heterocycles. The largest absolute Gasteiger partial charge is 0.490 e. The number of carbonyl (C=O) groups is 2. The molecule has 1 aromatic carbocycles. The zero-order valence-corrected chi connectivity index (χ0v) is 20.0. The summed E-state index contributed by atoms with van der Waals surface area (Å²) in [5.41, 5.74) is 1.58. The molecule has 7 heteroatoms. The van der Waals surface area contributed by atoms with E-state index < -0.39 is 0 Å². The molecule has 0 bridgehead atoms. The topological polar surface area (TPSA) is 72.2 Å². The van der Waals surface area contributed by atoms with Gasteiger partial charge in [0, 0.05) is 32.1 Å². The molecule has 0 aliphatic carbocycles. The Morgan fingerprint density at radius 2 is 1.85 bits per heavy atom. The van der Waals surface area contributed by atoms with Crippen molar-refractivity contribution in [1.82, 2.24) is 9.80 Å². The minimum Gasteiger partial charge on any atom is -0.490 e. The second-order valence-corrected chi connectivity index (χ2v) is 8.40. The van der Waals surface area contributed by atoms with Gasteiger partial charge in [-0.15, -0.1) is 0 Å². The molecule has 180 valence electrons. The SMILES string of the molecule is CCCOc1ccc(CN(CCC)C(=O)C2CCN(C(=O)c3ccoc3)CC2)cc1OCC. The van der Waals surface area contributed by atoms with Crippen LogP contribution in [0.25, 0.3) is 0 Å². The normalized spacial score (nSPS) is 14.2. The summed E-state index contributed by atoms with van der Waals surface area (Å²) in [5.74, 6) is 1.53. The summed E-state index contributed by atoms with van der Waals surface area (Å²) in [6.07, 6.45) is 6.15. The van der Waals surface area contributed by atoms with Gasteiger partial charge in [0.25, 0.3) is 5.91 Å². The van der Waals surface area contributed by atoms with Crippen LogP contribution >= 0.6 is 0 Å². The number of amides is 2. The molecule has 3 rings (SSSR count). The van der Waals surface area contributed by atoms with Crippen molar-refractivity contribution in [3.63, 3.8) is 0 Å². The Balaban J connectivity index is 1.63. The monoisotopic (exact) mass is 456 g/mol. The van der Waals surface area contributed by atoms with E-state index in [4.69, 9.17) is 13.9 Å². The maximum absolute atomic E-state index is 13.4. The van der Waals surface area contributed by atoms with Crippen LogP contribution in [0.2, 0.25) is 0 Å². The van der Waals surface area contributed by atoms with E-state index in [2.05, 4.69) is 13.8 Å². The Morgan fingerprint density at radius 3 is 2.48 bits per heavy atom. The second-order valence-electron chi connectivity index (χ2n) is 8.40. The Kier molecular flexibility index (Phi) is 9.22. The lowest BCUT2D eigenvalue weighted by atomic mass is 9.94. The molecule has 0 spiro atoms. The number of likely N-dealkylation sites (tertiary alicyclic amines) is 1. The zero-order chi connectivity index (χ0) is 23.6. The maximum atomic E-state index is 13.4. The number of benzene rings is 1. The van der Waals surface area contributed by atoms with Gasteiger partial charge >= 0.3 is 0 Å². The number of rotatable bonds is 11. The first-order valence-electron chi connectivity index (χ1n) is 12.1. The van der Waals surface area contributed by atoms with Crippen LogP contribution < -0.4 is 9.47 Å². The third-order valence-corrected chi connectivity index (χ3v) is 5.85. The highest BCUT2D eigenvalue weighted by Crippen LogP contribution is 2.30. The van der Waals surface area contributed by atoms with Crippen LogP contribution in [-0.2, 0) is 11.3 Å². The first-order valence-corrected chi connectivity index (χ1v) is 12.1. The average molecular weight is 457 g/mol. The number of furan rings is 1. The van der Waals surface area contributed by atoms with Gasteiger partial charge in [0.2, 0.25) is 5.91 Å². The van der Waals surface area contributed by atoms with Crippen molar-refractivity contribution >= 4 is 11.8 Å². The average Bonchev–Trinajstić information content (AvgIpc) is 3.38. The molecule has 1 saturated heterocycles. The van der Waals surface area contributed by atoms with Crippen LogP contribution in [0.3, 0.4) is 0 Å². The third-order valence-electron chi connectivity index (χ3n) is 5.85. The smallest absolute Gasteiger partial charge is 0.257 e. The summed E-state index contributed by atoms with van der Waals surface area (Å²) in [5, 5.41) is 0. The lowest BCUT2D eigenvalue weighted by Gasteiger charge is -2.34. The van der Waals surface area contributed by atoms with Gasteiger partial charge in [-0.05, 0) is 56.4 Å². The van der Waals surface area contributed by atoms with Gasteiger partial charge < -0.3 is 23.7 Å². The number of carbonyl (C=O) groups excluding carboxylic acids is 2. The number of nitrogens with zero attached hydrogens (tertiary/aromatic N) is 2. The van der Waals surface area contributed by atoms with Crippen LogP contribution in [0.15, 0.2) is 41.2 Å². The van der Waals surface area contributed by atoms with Crippen molar-refractivity contribution in [2.75, 3.05) is 32.8 Å². The number of piperidine rings is 1. The summed E-state index contributed by atoms with van der Waals surface area (Å²) < 4.78 is 16.6. The van der Waals surface area contributed by atoms with Gasteiger partial charge in [0.05, 0.1) is 25.0 Å². The highest BCUT2D eigenvalue weighted by molar-refractivity contribution is 5.94. The van der Waals surface area contributed by atoms with E-state index in [9.17, 15) is 9.59 Å². The molecule has 0 atom stereocenters. The quantitative estimate of drug-likeness (QED) is 0.488. The highest BCUT2D eigenvalue weighted by atomic mass is 16.5. The van der Waals surface area contributed by atoms with Gasteiger partial charge in [-0.1, -0.05) is 19.9 Å². The fraction of sp³-hybridized carbons (Fsp3) is 0.538. The molecular weight excluding hydrogens is 420 g/mol. The van der Waals surface area contributed by atoms with Gasteiger partial charge in [-0.3, -0.25) is 9.59 Å². The summed E-state index contributed by atoms with van der Waals surface area (Å²) >= 11 is 0. The molecule has 0 unspecified atom stereocenters. The number of hydrogen-bond donors (Lipinski definition) is 0. The fourth-order valence-electron chi connectivity index (χ4n) is 4.16. The van der Waals surface area contributed by atoms with Gasteiger partial charge in [-0.25, -0.2) is 0 Å². The standard InChI is InChI=1S/C26H36N2O5/c1-4-12-28(18-20-7-8-23(33-15-5-2)24(17-20)32-6-3)25(29)21-9-13-27(14-10-21)26(30)22-11-16-31-19-22/h7-8,11,16-17,19,21H,4-6,9-10,12-15,18H2,1-3H3. The molecular formula is C26H36N2O5. The maximum Gasteiger partial charge on any atom is 0.257 e. The van der Waals surface area contributed by atoms with E-state index in [1.165, 1.54) is 12.5 Å². The van der Waals surface area contributed by atoms with E-state index >= 15 is 0 Å². The van der Waals surface area contributed by atoms with Crippen molar-refractivity contribution < 1.29 is 23.5 Å². The van der Waals surface area contributed by atoms with Crippen molar-refractivity contribution in [2.24, 2.45) is 5.92 Å². The van der Waals surface area contributed by atoms with Crippen LogP contribution in [0.5, 0.6) is 11.5 Å². The van der Waals surface area contributed by atoms with E-state index in [-0.39, 0.29) is 17.7 Å². The molecule has 2 heterocycles. The van der Waals surface area contributed by atoms with Crippen LogP contribution in [0.4, 0.5) is 0 Å². The predicted octanol–water partition coefficient (Wildman–Crippen LogP) is 4.76. The van der Waals surface area contributed by atoms with E-state index in [1.54, 1.807) is 6.07 Å². The molecule has 33 heavy (non-hydrogen) atoms. The van der Waals surface area contributed by atoms with Crippen LogP contribution in [-0.4, -0.2) is 54.5 Å². The summed E-state index contributed by atoms with van der Waals surface area (Å²) in [4.78, 5) is 29.7. The summed E-state index contributed by atoms with van der Waals surface area (Å²) in [7, 11) is 0. The zero-order valence-electron chi connectivity index (χ0n) is 20.0. The molecule has 2 aromatic rings.